The van der Waals surface area contributed by atoms with Crippen LogP contribution >= 0.6 is 0 Å². The molecular weight excluding hydrogens is 1230 g/mol. The van der Waals surface area contributed by atoms with E-state index in [1.165, 1.54) is 36.0 Å². The maximum Gasteiger partial charge on any atom is 0.336 e. The Hall–Kier alpha value is -9.39. The van der Waals surface area contributed by atoms with E-state index in [2.05, 4.69) is 207 Å². The first-order valence-electron chi connectivity index (χ1n) is 32.0. The SMILES string of the molecule is C.C.C.C.CC(C)(C)CCc1ccc(C#N)cc1.CC(C)(C)CCc1ccccc1.CC(C)(C)Cc1ccc([N+](=O)[O-])cc1.CC(C)(C)Cc1ccccc1.CC(C)(C)Cc1ccccc1C#N.CC(C)(C)c1c(C(=O)O)cc([N+](=O)[O-])cc1[N+](=O)[O-].[C-]#[N+]c1ccc(C(C)(C)C)nc1. The van der Waals surface area contributed by atoms with Crippen molar-refractivity contribution in [2.75, 3.05) is 0 Å². The molecule has 15 heteroatoms. The third kappa shape index (κ3) is 42.8. The molecule has 0 atom stereocenters. The van der Waals surface area contributed by atoms with Crippen molar-refractivity contribution in [3.05, 3.63) is 261 Å². The van der Waals surface area contributed by atoms with Crippen LogP contribution in [-0.4, -0.2) is 30.8 Å². The third-order valence-corrected chi connectivity index (χ3v) is 13.7. The summed E-state index contributed by atoms with van der Waals surface area (Å²) in [6.07, 6.45) is 9.40. The Labute approximate surface area is 597 Å². The Kier molecular flexibility index (Phi) is 42.5. The second kappa shape index (κ2) is 43.8. The monoisotopic (exact) mass is 1360 g/mol. The van der Waals surface area contributed by atoms with E-state index >= 15 is 0 Å². The number of benzene rings is 6. The quantitative estimate of drug-likeness (QED) is 0.0727. The number of hydrogen-bond donors (Lipinski definition) is 1. The van der Waals surface area contributed by atoms with Gasteiger partial charge in [0.25, 0.3) is 17.1 Å². The van der Waals surface area contributed by atoms with Crippen molar-refractivity contribution < 1.29 is 24.7 Å². The number of carboxylic acids is 1. The summed E-state index contributed by atoms with van der Waals surface area (Å²) < 4.78 is 0. The lowest BCUT2D eigenvalue weighted by molar-refractivity contribution is -0.394. The predicted octanol–water partition coefficient (Wildman–Crippen LogP) is 24.8. The molecule has 0 aliphatic rings. The molecule has 6 aromatic carbocycles. The van der Waals surface area contributed by atoms with Crippen LogP contribution in [0.1, 0.15) is 249 Å². The second-order valence-corrected chi connectivity index (χ2v) is 31.5. The van der Waals surface area contributed by atoms with E-state index in [1.807, 2.05) is 66.7 Å². The number of nitro groups is 3. The van der Waals surface area contributed by atoms with Gasteiger partial charge in [0, 0.05) is 35.5 Å². The molecule has 0 aliphatic heterocycles. The van der Waals surface area contributed by atoms with Crippen molar-refractivity contribution in [1.82, 2.24) is 4.98 Å². The van der Waals surface area contributed by atoms with Gasteiger partial charge in [-0.1, -0.05) is 290 Å². The Morgan fingerprint density at radius 3 is 1.22 bits per heavy atom. The summed E-state index contributed by atoms with van der Waals surface area (Å²) in [5, 5.41) is 58.7. The minimum Gasteiger partial charge on any atom is -0.478 e. The molecule has 0 fully saturated rings. The molecule has 0 saturated carbocycles. The lowest BCUT2D eigenvalue weighted by atomic mass is 9.82. The normalized spacial score (nSPS) is 10.7. The number of carbonyl (C=O) groups is 1. The fourth-order valence-electron chi connectivity index (χ4n) is 9.05. The number of pyridine rings is 1. The summed E-state index contributed by atoms with van der Waals surface area (Å²) >= 11 is 0. The Balaban J connectivity index is -0.000000531. The first-order valence-corrected chi connectivity index (χ1v) is 32.0. The van der Waals surface area contributed by atoms with Gasteiger partial charge in [0.1, 0.15) is 0 Å². The highest BCUT2D eigenvalue weighted by Crippen LogP contribution is 2.38. The van der Waals surface area contributed by atoms with Crippen LogP contribution in [0, 0.1) is 86.7 Å². The van der Waals surface area contributed by atoms with E-state index in [1.54, 1.807) is 45.2 Å². The van der Waals surface area contributed by atoms with Gasteiger partial charge in [-0.25, -0.2) is 9.64 Å². The van der Waals surface area contributed by atoms with Gasteiger partial charge in [-0.05, 0) is 123 Å². The second-order valence-electron chi connectivity index (χ2n) is 31.5. The third-order valence-electron chi connectivity index (χ3n) is 13.7. The highest BCUT2D eigenvalue weighted by atomic mass is 16.6. The summed E-state index contributed by atoms with van der Waals surface area (Å²) in [7, 11) is 0. The molecule has 0 bridgehead atoms. The van der Waals surface area contributed by atoms with Crippen LogP contribution in [-0.2, 0) is 42.9 Å². The molecule has 1 heterocycles. The van der Waals surface area contributed by atoms with Gasteiger partial charge in [-0.3, -0.25) is 35.3 Å². The number of aromatic nitrogens is 1. The Morgan fingerprint density at radius 1 is 0.475 bits per heavy atom. The molecule has 15 nitrogen and oxygen atoms in total. The number of aryl methyl sites for hydroxylation is 2. The largest absolute Gasteiger partial charge is 0.478 e. The van der Waals surface area contributed by atoms with Crippen LogP contribution in [0.4, 0.5) is 22.7 Å². The Morgan fingerprint density at radius 2 is 0.879 bits per heavy atom. The highest BCUT2D eigenvalue weighted by molar-refractivity contribution is 5.92. The molecule has 7 rings (SSSR count). The highest BCUT2D eigenvalue weighted by Gasteiger charge is 2.34. The first-order chi connectivity index (χ1) is 43.7. The van der Waals surface area contributed by atoms with Crippen molar-refractivity contribution in [3.63, 3.8) is 0 Å². The predicted molar refractivity (Wildman–Crippen MR) is 415 cm³/mol. The summed E-state index contributed by atoms with van der Waals surface area (Å²) in [6.45, 7) is 51.3. The minimum atomic E-state index is -1.43. The molecule has 540 valence electrons. The van der Waals surface area contributed by atoms with Crippen LogP contribution < -0.4 is 0 Å². The molecule has 7 aromatic rings. The molecule has 0 spiro atoms. The number of rotatable bonds is 11. The molecule has 0 unspecified atom stereocenters. The molecule has 0 saturated heterocycles. The fraction of sp³-hybridized carbons (Fsp3) is 0.464. The van der Waals surface area contributed by atoms with E-state index in [-0.39, 0.29) is 62.1 Å². The van der Waals surface area contributed by atoms with Gasteiger partial charge in [0.2, 0.25) is 5.69 Å². The van der Waals surface area contributed by atoms with Crippen LogP contribution in [0.2, 0.25) is 0 Å². The molecule has 1 N–H and O–H groups in total. The van der Waals surface area contributed by atoms with Gasteiger partial charge < -0.3 is 5.11 Å². The number of nitro benzene ring substituents is 3. The van der Waals surface area contributed by atoms with E-state index in [0.717, 1.165) is 65.8 Å². The van der Waals surface area contributed by atoms with E-state index in [9.17, 15) is 35.1 Å². The van der Waals surface area contributed by atoms with Crippen molar-refractivity contribution in [1.29, 1.82) is 10.5 Å². The zero-order valence-electron chi connectivity index (χ0n) is 60.5. The number of nitrogens with zero attached hydrogens (tertiary/aromatic N) is 7. The van der Waals surface area contributed by atoms with Crippen molar-refractivity contribution in [3.8, 4) is 12.1 Å². The van der Waals surface area contributed by atoms with Crippen molar-refractivity contribution >= 4 is 28.7 Å². The molecule has 0 radical (unpaired) electrons. The average Bonchev–Trinajstić information content (AvgIpc) is 0.776. The van der Waals surface area contributed by atoms with E-state index in [0.29, 0.717) is 21.9 Å². The van der Waals surface area contributed by atoms with Gasteiger partial charge in [0.15, 0.2) is 0 Å². The summed E-state index contributed by atoms with van der Waals surface area (Å²) in [6, 6.07) is 53.4. The molecular formula is C84H121N7O8. The van der Waals surface area contributed by atoms with Crippen molar-refractivity contribution in [2.24, 2.45) is 27.1 Å². The van der Waals surface area contributed by atoms with Crippen LogP contribution in [0.5, 0.6) is 0 Å². The molecule has 0 aliphatic carbocycles. The van der Waals surface area contributed by atoms with Gasteiger partial charge in [-0.2, -0.15) is 10.5 Å². The minimum absolute atomic E-state index is 0. The number of carboxylic acid groups (broad SMARTS) is 1. The number of hydrogen-bond acceptors (Lipinski definition) is 10. The van der Waals surface area contributed by atoms with Gasteiger partial charge in [-0.15, -0.1) is 0 Å². The fourth-order valence-corrected chi connectivity index (χ4v) is 9.05. The number of nitriles is 2. The Bertz CT molecular complexity index is 3590. The topological polar surface area (TPSA) is 232 Å². The average molecular weight is 1360 g/mol. The van der Waals surface area contributed by atoms with Gasteiger partial charge >= 0.3 is 5.97 Å². The van der Waals surface area contributed by atoms with Gasteiger partial charge in [0.05, 0.1) is 61.8 Å². The number of non-ortho nitro benzene ring substituents is 2. The van der Waals surface area contributed by atoms with Crippen LogP contribution in [0.25, 0.3) is 4.85 Å². The summed E-state index contributed by atoms with van der Waals surface area (Å²) in [4.78, 5) is 48.7. The first kappa shape index (κ1) is 96.0. The van der Waals surface area contributed by atoms with Crippen LogP contribution in [0.3, 0.4) is 0 Å². The lowest BCUT2D eigenvalue weighted by Gasteiger charge is -2.20. The number of aromatic carboxylic acids is 1. The standard InChI is InChI=1S/C13H17N.C12H15N.C12H18.C11H12N2O6.C11H15NO2.C11H16.C10H12N2.4CH4/c1-13(2,3)9-8-11-4-6-12(10-14)7-5-11;1-12(2,3)8-10-6-4-5-7-11(10)9-13;1-12(2,3)10-9-11-7-5-4-6-8-11;1-11(2,3)9-7(10(14)15)4-6(12(16)17)5-8(9)13(18)19;1-11(2,3)8-9-4-6-10(7-5-9)12(13)14;1-11(2,3)9-10-7-5-4-6-8-10;1-10(2,3)9-6-5-8(11-4)7-12-9;;;;/h4-7H,8-9H2,1-3H3;4-7H,8H2,1-3H3;4-8H,9-10H2,1-3H3;4-5H,1-3H3,(H,14,15);4-7H,8H2,1-3H3;4-8H,9H2,1-3H3;5-7H,1-3H3;4*1H4. The summed E-state index contributed by atoms with van der Waals surface area (Å²) in [5.41, 5.74) is 9.13. The lowest BCUT2D eigenvalue weighted by Crippen LogP contribution is -2.19. The maximum absolute atomic E-state index is 11.2. The van der Waals surface area contributed by atoms with Crippen molar-refractivity contribution in [2.45, 2.75) is 231 Å². The summed E-state index contributed by atoms with van der Waals surface area (Å²) in [5.74, 6) is -1.43. The van der Waals surface area contributed by atoms with E-state index in [4.69, 9.17) is 22.2 Å². The molecule has 0 amide bonds. The smallest absolute Gasteiger partial charge is 0.336 e. The molecule has 1 aromatic heterocycles. The maximum atomic E-state index is 11.2. The van der Waals surface area contributed by atoms with Crippen LogP contribution in [0.15, 0.2) is 164 Å². The van der Waals surface area contributed by atoms with E-state index < -0.39 is 38.2 Å². The molecule has 99 heavy (non-hydrogen) atoms. The zero-order chi connectivity index (χ0) is 72.8. The zero-order valence-corrected chi connectivity index (χ0v) is 60.5.